The summed E-state index contributed by atoms with van der Waals surface area (Å²) in [5, 5.41) is 10.6. The van der Waals surface area contributed by atoms with Crippen LogP contribution in [-0.4, -0.2) is 22.8 Å². The molecule has 0 radical (unpaired) electrons. The van der Waals surface area contributed by atoms with Crippen LogP contribution in [0.5, 0.6) is 0 Å². The fourth-order valence-electron chi connectivity index (χ4n) is 4.06. The van der Waals surface area contributed by atoms with Gasteiger partial charge in [-0.05, 0) is 38.5 Å². The fraction of sp³-hybridized carbons (Fsp3) is 0.667. The van der Waals surface area contributed by atoms with Crippen LogP contribution in [0.25, 0.3) is 0 Å². The average molecular weight is 248 g/mol. The molecular formula is C15H20O3. The van der Waals surface area contributed by atoms with Crippen molar-refractivity contribution in [2.45, 2.75) is 44.3 Å². The summed E-state index contributed by atoms with van der Waals surface area (Å²) in [5.41, 5.74) is 1.03. The predicted octanol–water partition coefficient (Wildman–Crippen LogP) is 2.21. The highest BCUT2D eigenvalue weighted by Gasteiger charge is 2.55. The van der Waals surface area contributed by atoms with Gasteiger partial charge in [-0.15, -0.1) is 0 Å². The molecule has 0 bridgehead atoms. The van der Waals surface area contributed by atoms with E-state index in [4.69, 9.17) is 4.74 Å². The molecule has 2 aliphatic carbocycles. The molecule has 3 nitrogen and oxygen atoms in total. The van der Waals surface area contributed by atoms with Crippen LogP contribution in [0.2, 0.25) is 0 Å². The van der Waals surface area contributed by atoms with Crippen LogP contribution in [-0.2, 0) is 9.53 Å². The first-order chi connectivity index (χ1) is 8.42. The first-order valence-electron chi connectivity index (χ1n) is 6.71. The molecule has 3 aliphatic rings. The SMILES string of the molecule is C=C1CC[C@H]2[C@H]1[C@H]1OC(=O)C(=C)[C@@H]1CC[C@@]2(C)O. The molecule has 0 spiro atoms. The van der Waals surface area contributed by atoms with Gasteiger partial charge in [-0.25, -0.2) is 4.79 Å². The Kier molecular flexibility index (Phi) is 2.46. The second-order valence-electron chi connectivity index (χ2n) is 6.23. The summed E-state index contributed by atoms with van der Waals surface area (Å²) < 4.78 is 5.52. The molecule has 1 aliphatic heterocycles. The summed E-state index contributed by atoms with van der Waals surface area (Å²) in [6.07, 6.45) is 3.22. The Morgan fingerprint density at radius 2 is 2.11 bits per heavy atom. The summed E-state index contributed by atoms with van der Waals surface area (Å²) in [7, 11) is 0. The van der Waals surface area contributed by atoms with Crippen LogP contribution in [0.4, 0.5) is 0 Å². The molecule has 3 fully saturated rings. The number of fused-ring (bicyclic) bond motifs is 3. The van der Waals surface area contributed by atoms with Crippen molar-refractivity contribution in [1.29, 1.82) is 0 Å². The molecule has 98 valence electrons. The smallest absolute Gasteiger partial charge is 0.334 e. The normalized spacial score (nSPS) is 47.6. The highest BCUT2D eigenvalue weighted by Crippen LogP contribution is 2.53. The lowest BCUT2D eigenvalue weighted by atomic mass is 9.78. The van der Waals surface area contributed by atoms with Crippen molar-refractivity contribution < 1.29 is 14.6 Å². The van der Waals surface area contributed by atoms with Crippen LogP contribution in [0.3, 0.4) is 0 Å². The van der Waals surface area contributed by atoms with E-state index in [1.54, 1.807) is 0 Å². The highest BCUT2D eigenvalue weighted by atomic mass is 16.6. The minimum atomic E-state index is -0.679. The third-order valence-electron chi connectivity index (χ3n) is 5.15. The molecule has 0 aromatic rings. The topological polar surface area (TPSA) is 46.5 Å². The third kappa shape index (κ3) is 1.50. The van der Waals surface area contributed by atoms with Crippen LogP contribution in [0, 0.1) is 17.8 Å². The van der Waals surface area contributed by atoms with E-state index in [9.17, 15) is 9.90 Å². The Balaban J connectivity index is 2.01. The van der Waals surface area contributed by atoms with Gasteiger partial charge in [0.15, 0.2) is 0 Å². The summed E-state index contributed by atoms with van der Waals surface area (Å²) in [6.45, 7) is 9.90. The number of aliphatic hydroxyl groups is 1. The van der Waals surface area contributed by atoms with Gasteiger partial charge in [-0.2, -0.15) is 0 Å². The standard InChI is InChI=1S/C15H20O3/c1-8-4-5-11-12(8)13-10(6-7-15(11,3)17)9(2)14(16)18-13/h10-13,17H,1-2,4-7H2,3H3/t10-,11-,12-,13-,15+/m0/s1. The number of esters is 1. The maximum absolute atomic E-state index is 11.7. The van der Waals surface area contributed by atoms with Gasteiger partial charge in [0.25, 0.3) is 0 Å². The fourth-order valence-corrected chi connectivity index (χ4v) is 4.06. The van der Waals surface area contributed by atoms with Gasteiger partial charge in [0.1, 0.15) is 6.10 Å². The van der Waals surface area contributed by atoms with Crippen LogP contribution >= 0.6 is 0 Å². The van der Waals surface area contributed by atoms with Gasteiger partial charge in [-0.3, -0.25) is 0 Å². The molecule has 0 aromatic carbocycles. The predicted molar refractivity (Wildman–Crippen MR) is 67.7 cm³/mol. The van der Waals surface area contributed by atoms with E-state index < -0.39 is 5.60 Å². The van der Waals surface area contributed by atoms with Gasteiger partial charge in [0.05, 0.1) is 5.60 Å². The molecule has 18 heavy (non-hydrogen) atoms. The molecule has 0 unspecified atom stereocenters. The third-order valence-corrected chi connectivity index (χ3v) is 5.15. The molecule has 3 heteroatoms. The number of hydrogen-bond donors (Lipinski definition) is 1. The van der Waals surface area contributed by atoms with E-state index in [1.807, 2.05) is 6.92 Å². The molecule has 0 amide bonds. The molecule has 1 N–H and O–H groups in total. The number of hydrogen-bond acceptors (Lipinski definition) is 3. The number of carbonyl (C=O) groups is 1. The van der Waals surface area contributed by atoms with Gasteiger partial charge >= 0.3 is 5.97 Å². The number of carbonyl (C=O) groups excluding carboxylic acids is 1. The Bertz CT molecular complexity index is 435. The molecule has 2 saturated carbocycles. The summed E-state index contributed by atoms with van der Waals surface area (Å²) in [4.78, 5) is 11.7. The van der Waals surface area contributed by atoms with Gasteiger partial charge in [0, 0.05) is 17.4 Å². The summed E-state index contributed by atoms with van der Waals surface area (Å²) >= 11 is 0. The van der Waals surface area contributed by atoms with Crippen molar-refractivity contribution in [2.75, 3.05) is 0 Å². The minimum Gasteiger partial charge on any atom is -0.458 e. The van der Waals surface area contributed by atoms with Crippen LogP contribution < -0.4 is 0 Å². The number of rotatable bonds is 0. The lowest BCUT2D eigenvalue weighted by Gasteiger charge is -2.33. The molecule has 1 saturated heterocycles. The Labute approximate surface area is 108 Å². The maximum Gasteiger partial charge on any atom is 0.334 e. The Morgan fingerprint density at radius 3 is 2.83 bits per heavy atom. The van der Waals surface area contributed by atoms with Crippen molar-refractivity contribution in [1.82, 2.24) is 0 Å². The van der Waals surface area contributed by atoms with Crippen LogP contribution in [0.1, 0.15) is 32.6 Å². The van der Waals surface area contributed by atoms with E-state index in [1.165, 1.54) is 0 Å². The van der Waals surface area contributed by atoms with E-state index in [0.29, 0.717) is 12.0 Å². The first kappa shape index (κ1) is 12.0. The summed E-state index contributed by atoms with van der Waals surface area (Å²) in [6, 6.07) is 0. The van der Waals surface area contributed by atoms with E-state index in [-0.39, 0.29) is 29.8 Å². The maximum atomic E-state index is 11.7. The van der Waals surface area contributed by atoms with Crippen molar-refractivity contribution in [2.24, 2.45) is 17.8 Å². The largest absolute Gasteiger partial charge is 0.458 e. The van der Waals surface area contributed by atoms with Crippen molar-refractivity contribution in [3.8, 4) is 0 Å². The zero-order valence-corrected chi connectivity index (χ0v) is 10.8. The van der Waals surface area contributed by atoms with Crippen molar-refractivity contribution in [3.63, 3.8) is 0 Å². The molecular weight excluding hydrogens is 228 g/mol. The highest BCUT2D eigenvalue weighted by molar-refractivity contribution is 5.90. The van der Waals surface area contributed by atoms with E-state index >= 15 is 0 Å². The molecule has 1 heterocycles. The Hall–Kier alpha value is -1.09. The molecule has 5 atom stereocenters. The zero-order chi connectivity index (χ0) is 13.1. The van der Waals surface area contributed by atoms with Gasteiger partial charge in [-0.1, -0.05) is 18.7 Å². The number of ether oxygens (including phenoxy) is 1. The van der Waals surface area contributed by atoms with E-state index in [0.717, 1.165) is 24.8 Å². The second kappa shape index (κ2) is 3.70. The van der Waals surface area contributed by atoms with Gasteiger partial charge < -0.3 is 9.84 Å². The monoisotopic (exact) mass is 248 g/mol. The minimum absolute atomic E-state index is 0.0637. The lowest BCUT2D eigenvalue weighted by molar-refractivity contribution is -0.142. The van der Waals surface area contributed by atoms with Crippen molar-refractivity contribution >= 4 is 5.97 Å². The molecule has 0 aromatic heterocycles. The van der Waals surface area contributed by atoms with Crippen molar-refractivity contribution in [3.05, 3.63) is 24.3 Å². The summed E-state index contributed by atoms with van der Waals surface area (Å²) in [5.74, 6) is 0.0771. The lowest BCUT2D eigenvalue weighted by Crippen LogP contribution is -2.39. The zero-order valence-electron chi connectivity index (χ0n) is 10.8. The average Bonchev–Trinajstić information content (AvgIpc) is 2.76. The van der Waals surface area contributed by atoms with Gasteiger partial charge in [0.2, 0.25) is 0 Å². The van der Waals surface area contributed by atoms with E-state index in [2.05, 4.69) is 13.2 Å². The second-order valence-corrected chi connectivity index (χ2v) is 6.23. The first-order valence-corrected chi connectivity index (χ1v) is 6.71. The van der Waals surface area contributed by atoms with Crippen LogP contribution in [0.15, 0.2) is 24.3 Å². The quantitative estimate of drug-likeness (QED) is 0.406. The molecule has 3 rings (SSSR count). The Morgan fingerprint density at radius 1 is 1.39 bits per heavy atom.